The third-order valence-electron chi connectivity index (χ3n) is 3.59. The normalized spacial score (nSPS) is 23.7. The summed E-state index contributed by atoms with van der Waals surface area (Å²) in [4.78, 5) is 14.0. The smallest absolute Gasteiger partial charge is 0.241 e. The molecule has 21 heavy (non-hydrogen) atoms. The Morgan fingerprint density at radius 1 is 1.38 bits per heavy atom. The highest BCUT2D eigenvalue weighted by molar-refractivity contribution is 7.98. The number of nitrogens with zero attached hydrogens (tertiary/aromatic N) is 1. The van der Waals surface area contributed by atoms with E-state index in [1.807, 2.05) is 6.26 Å². The van der Waals surface area contributed by atoms with Crippen molar-refractivity contribution < 1.29 is 13.6 Å². The van der Waals surface area contributed by atoms with Gasteiger partial charge in [-0.2, -0.15) is 11.8 Å². The van der Waals surface area contributed by atoms with Crippen LogP contribution in [0.5, 0.6) is 0 Å². The molecule has 1 aromatic carbocycles. The molecule has 1 N–H and O–H groups in total. The monoisotopic (exact) mass is 314 g/mol. The van der Waals surface area contributed by atoms with Gasteiger partial charge in [-0.15, -0.1) is 0 Å². The van der Waals surface area contributed by atoms with E-state index in [0.29, 0.717) is 18.0 Å². The molecule has 116 valence electrons. The standard InChI is InChI=1S/C15H20F2N2OS/c1-9(8-21-3)7-19-14(18-10(2)15(19)20)11-4-5-12(16)13(17)6-11/h4-6,9-10,14,18H,7-8H2,1-3H3. The molecule has 0 saturated carbocycles. The van der Waals surface area contributed by atoms with Gasteiger partial charge in [-0.05, 0) is 42.5 Å². The summed E-state index contributed by atoms with van der Waals surface area (Å²) in [5.41, 5.74) is 0.572. The summed E-state index contributed by atoms with van der Waals surface area (Å²) >= 11 is 1.73. The van der Waals surface area contributed by atoms with E-state index in [2.05, 4.69) is 12.2 Å². The summed E-state index contributed by atoms with van der Waals surface area (Å²) in [6.07, 6.45) is 1.63. The summed E-state index contributed by atoms with van der Waals surface area (Å²) in [6, 6.07) is 3.46. The Hall–Kier alpha value is -1.14. The Morgan fingerprint density at radius 2 is 2.10 bits per heavy atom. The molecule has 1 heterocycles. The summed E-state index contributed by atoms with van der Waals surface area (Å²) in [5.74, 6) is -0.485. The maximum Gasteiger partial charge on any atom is 0.241 e. The van der Waals surface area contributed by atoms with Gasteiger partial charge in [-0.3, -0.25) is 10.1 Å². The van der Waals surface area contributed by atoms with E-state index >= 15 is 0 Å². The van der Waals surface area contributed by atoms with Gasteiger partial charge in [0.2, 0.25) is 5.91 Å². The van der Waals surface area contributed by atoms with Crippen LogP contribution in [0.4, 0.5) is 8.78 Å². The average molecular weight is 314 g/mol. The summed E-state index contributed by atoms with van der Waals surface area (Å²) in [5, 5.41) is 3.14. The van der Waals surface area contributed by atoms with Crippen LogP contribution in [0.25, 0.3) is 0 Å². The van der Waals surface area contributed by atoms with Gasteiger partial charge in [0.25, 0.3) is 0 Å². The Kier molecular flexibility index (Phi) is 5.22. The summed E-state index contributed by atoms with van der Waals surface area (Å²) in [6.45, 7) is 4.46. The first-order valence-electron chi connectivity index (χ1n) is 6.94. The lowest BCUT2D eigenvalue weighted by atomic mass is 10.1. The number of halogens is 2. The zero-order valence-electron chi connectivity index (χ0n) is 12.4. The number of hydrogen-bond donors (Lipinski definition) is 1. The third kappa shape index (κ3) is 3.55. The van der Waals surface area contributed by atoms with Crippen LogP contribution in [0.1, 0.15) is 25.6 Å². The van der Waals surface area contributed by atoms with Crippen LogP contribution in [-0.4, -0.2) is 35.4 Å². The molecular weight excluding hydrogens is 294 g/mol. The highest BCUT2D eigenvalue weighted by Crippen LogP contribution is 2.27. The van der Waals surface area contributed by atoms with Gasteiger partial charge in [-0.1, -0.05) is 13.0 Å². The first-order chi connectivity index (χ1) is 9.93. The molecule has 1 amide bonds. The van der Waals surface area contributed by atoms with Crippen molar-refractivity contribution in [3.05, 3.63) is 35.4 Å². The van der Waals surface area contributed by atoms with Crippen molar-refractivity contribution in [3.63, 3.8) is 0 Å². The van der Waals surface area contributed by atoms with E-state index in [-0.39, 0.29) is 11.9 Å². The minimum Gasteiger partial charge on any atom is -0.321 e. The van der Waals surface area contributed by atoms with Gasteiger partial charge in [-0.25, -0.2) is 8.78 Å². The van der Waals surface area contributed by atoms with Crippen LogP contribution >= 0.6 is 11.8 Å². The van der Waals surface area contributed by atoms with E-state index in [9.17, 15) is 13.6 Å². The molecule has 1 aliphatic rings. The number of carbonyl (C=O) groups is 1. The van der Waals surface area contributed by atoms with Crippen LogP contribution in [0.15, 0.2) is 18.2 Å². The number of nitrogens with one attached hydrogen (secondary N) is 1. The molecule has 1 fully saturated rings. The van der Waals surface area contributed by atoms with E-state index in [4.69, 9.17) is 0 Å². The minimum atomic E-state index is -0.890. The Morgan fingerprint density at radius 3 is 2.71 bits per heavy atom. The first-order valence-corrected chi connectivity index (χ1v) is 8.33. The molecule has 0 aromatic heterocycles. The van der Waals surface area contributed by atoms with Crippen molar-refractivity contribution in [2.24, 2.45) is 5.92 Å². The third-order valence-corrected chi connectivity index (χ3v) is 4.49. The molecule has 1 saturated heterocycles. The topological polar surface area (TPSA) is 32.3 Å². The summed E-state index contributed by atoms with van der Waals surface area (Å²) < 4.78 is 26.5. The molecule has 3 atom stereocenters. The highest BCUT2D eigenvalue weighted by atomic mass is 32.2. The number of amides is 1. The molecule has 0 spiro atoms. The number of rotatable bonds is 5. The fourth-order valence-electron chi connectivity index (χ4n) is 2.60. The zero-order chi connectivity index (χ0) is 15.6. The maximum atomic E-state index is 13.4. The minimum absolute atomic E-state index is 0.00214. The van der Waals surface area contributed by atoms with E-state index in [1.54, 1.807) is 23.6 Å². The molecule has 1 aromatic rings. The second-order valence-corrected chi connectivity index (χ2v) is 6.43. The van der Waals surface area contributed by atoms with Crippen LogP contribution in [0.2, 0.25) is 0 Å². The second kappa shape index (κ2) is 6.75. The maximum absolute atomic E-state index is 13.4. The Bertz CT molecular complexity index is 526. The molecule has 1 aliphatic heterocycles. The van der Waals surface area contributed by atoms with Gasteiger partial charge in [0.05, 0.1) is 6.04 Å². The first kappa shape index (κ1) is 16.2. The van der Waals surface area contributed by atoms with E-state index in [1.165, 1.54) is 6.07 Å². The predicted octanol–water partition coefficient (Wildman–Crippen LogP) is 2.78. The lowest BCUT2D eigenvalue weighted by Crippen LogP contribution is -2.35. The number of thioether (sulfide) groups is 1. The van der Waals surface area contributed by atoms with Crippen molar-refractivity contribution in [1.82, 2.24) is 10.2 Å². The van der Waals surface area contributed by atoms with Crippen LogP contribution in [0.3, 0.4) is 0 Å². The summed E-state index contributed by atoms with van der Waals surface area (Å²) in [7, 11) is 0. The lowest BCUT2D eigenvalue weighted by Gasteiger charge is -2.27. The number of hydrogen-bond acceptors (Lipinski definition) is 3. The fraction of sp³-hybridized carbons (Fsp3) is 0.533. The largest absolute Gasteiger partial charge is 0.321 e. The molecule has 0 aliphatic carbocycles. The van der Waals surface area contributed by atoms with Gasteiger partial charge >= 0.3 is 0 Å². The molecule has 3 unspecified atom stereocenters. The van der Waals surface area contributed by atoms with Gasteiger partial charge < -0.3 is 4.90 Å². The molecule has 0 bridgehead atoms. The lowest BCUT2D eigenvalue weighted by molar-refractivity contribution is -0.130. The van der Waals surface area contributed by atoms with Crippen molar-refractivity contribution in [2.75, 3.05) is 18.6 Å². The van der Waals surface area contributed by atoms with Crippen LogP contribution in [-0.2, 0) is 4.79 Å². The zero-order valence-corrected chi connectivity index (χ0v) is 13.2. The van der Waals surface area contributed by atoms with Crippen molar-refractivity contribution in [3.8, 4) is 0 Å². The molecule has 6 heteroatoms. The van der Waals surface area contributed by atoms with Crippen molar-refractivity contribution >= 4 is 17.7 Å². The van der Waals surface area contributed by atoms with E-state index in [0.717, 1.165) is 17.9 Å². The highest BCUT2D eigenvalue weighted by Gasteiger charge is 2.37. The number of benzene rings is 1. The second-order valence-electron chi connectivity index (χ2n) is 5.52. The molecule has 3 nitrogen and oxygen atoms in total. The molecule has 0 radical (unpaired) electrons. The van der Waals surface area contributed by atoms with Crippen molar-refractivity contribution in [1.29, 1.82) is 0 Å². The Labute approximate surface area is 128 Å². The van der Waals surface area contributed by atoms with Gasteiger partial charge in [0.1, 0.15) is 6.17 Å². The van der Waals surface area contributed by atoms with E-state index < -0.39 is 17.8 Å². The average Bonchev–Trinajstić information content (AvgIpc) is 2.70. The fourth-order valence-corrected chi connectivity index (χ4v) is 3.28. The molecule has 2 rings (SSSR count). The van der Waals surface area contributed by atoms with Gasteiger partial charge in [0, 0.05) is 6.54 Å². The van der Waals surface area contributed by atoms with Crippen LogP contribution in [0, 0.1) is 17.6 Å². The Balaban J connectivity index is 2.22. The number of carbonyl (C=O) groups excluding carboxylic acids is 1. The SMILES string of the molecule is CSCC(C)CN1C(=O)C(C)NC1c1ccc(F)c(F)c1. The quantitative estimate of drug-likeness (QED) is 0.907. The van der Waals surface area contributed by atoms with Crippen molar-refractivity contribution in [2.45, 2.75) is 26.1 Å². The molecular formula is C15H20F2N2OS. The van der Waals surface area contributed by atoms with Gasteiger partial charge in [0.15, 0.2) is 11.6 Å². The predicted molar refractivity (Wildman–Crippen MR) is 81.0 cm³/mol. The van der Waals surface area contributed by atoms with Crippen LogP contribution < -0.4 is 5.32 Å².